The van der Waals surface area contributed by atoms with Gasteiger partial charge in [0.15, 0.2) is 9.84 Å². The molecule has 0 aromatic carbocycles. The zero-order chi connectivity index (χ0) is 11.3. The average Bonchev–Trinajstić information content (AvgIpc) is 2.18. The second kappa shape index (κ2) is 5.66. The summed E-state index contributed by atoms with van der Waals surface area (Å²) < 4.78 is 22.8. The third-order valence-corrected chi connectivity index (χ3v) is 4.62. The highest BCUT2D eigenvalue weighted by Crippen LogP contribution is 2.11. The topological polar surface area (TPSA) is 46.2 Å². The molecule has 0 amide bonds. The minimum absolute atomic E-state index is 0.0615. The van der Waals surface area contributed by atoms with Gasteiger partial charge in [-0.1, -0.05) is 19.1 Å². The molecule has 15 heavy (non-hydrogen) atoms. The van der Waals surface area contributed by atoms with Crippen LogP contribution in [0.15, 0.2) is 12.2 Å². The minimum Gasteiger partial charge on any atom is -0.310 e. The maximum Gasteiger partial charge on any atom is 0.151 e. The van der Waals surface area contributed by atoms with Crippen molar-refractivity contribution < 1.29 is 8.42 Å². The van der Waals surface area contributed by atoms with Crippen LogP contribution in [0, 0.1) is 0 Å². The number of sulfone groups is 1. The highest BCUT2D eigenvalue weighted by atomic mass is 32.2. The lowest BCUT2D eigenvalue weighted by Gasteiger charge is -2.23. The third-order valence-electron chi connectivity index (χ3n) is 2.73. The summed E-state index contributed by atoms with van der Waals surface area (Å²) in [5.74, 6) is 0.493. The van der Waals surface area contributed by atoms with E-state index >= 15 is 0 Å². The van der Waals surface area contributed by atoms with E-state index in [1.807, 2.05) is 6.92 Å². The van der Waals surface area contributed by atoms with Crippen LogP contribution in [0.4, 0.5) is 0 Å². The molecule has 2 unspecified atom stereocenters. The summed E-state index contributed by atoms with van der Waals surface area (Å²) in [6.07, 6.45) is 7.60. The Hall–Kier alpha value is -0.350. The number of nitrogens with one attached hydrogen (secondary N) is 1. The van der Waals surface area contributed by atoms with Crippen LogP contribution in [-0.2, 0) is 9.84 Å². The first-order valence-corrected chi connectivity index (χ1v) is 7.47. The molecule has 0 bridgehead atoms. The molecule has 1 aliphatic carbocycles. The fourth-order valence-electron chi connectivity index (χ4n) is 1.89. The van der Waals surface area contributed by atoms with Crippen LogP contribution >= 0.6 is 0 Å². The average molecular weight is 231 g/mol. The molecule has 4 heteroatoms. The first-order chi connectivity index (χ1) is 7.03. The molecule has 0 saturated carbocycles. The highest BCUT2D eigenvalue weighted by Gasteiger charge is 2.17. The van der Waals surface area contributed by atoms with Crippen molar-refractivity contribution in [2.75, 3.05) is 11.5 Å². The van der Waals surface area contributed by atoms with Crippen molar-refractivity contribution >= 4 is 9.84 Å². The summed E-state index contributed by atoms with van der Waals surface area (Å²) in [6.45, 7) is 3.65. The Labute approximate surface area is 92.9 Å². The number of rotatable bonds is 5. The van der Waals surface area contributed by atoms with E-state index < -0.39 is 9.84 Å². The van der Waals surface area contributed by atoms with E-state index in [-0.39, 0.29) is 17.5 Å². The van der Waals surface area contributed by atoms with Gasteiger partial charge in [0, 0.05) is 17.8 Å². The zero-order valence-electron chi connectivity index (χ0n) is 9.57. The lowest BCUT2D eigenvalue weighted by molar-refractivity contribution is 0.433. The van der Waals surface area contributed by atoms with Gasteiger partial charge in [0.1, 0.15) is 0 Å². The standard InChI is InChI=1S/C11H21NO2S/c1-3-15(13,14)9-10(2)12-11-7-5-4-6-8-11/h4-5,10-12H,3,6-9H2,1-2H3. The van der Waals surface area contributed by atoms with Crippen LogP contribution in [0.2, 0.25) is 0 Å². The first-order valence-electron chi connectivity index (χ1n) is 5.65. The van der Waals surface area contributed by atoms with Crippen LogP contribution in [0.5, 0.6) is 0 Å². The summed E-state index contributed by atoms with van der Waals surface area (Å²) in [5.41, 5.74) is 0. The van der Waals surface area contributed by atoms with E-state index in [2.05, 4.69) is 17.5 Å². The van der Waals surface area contributed by atoms with E-state index in [1.54, 1.807) is 6.92 Å². The molecule has 0 aromatic heterocycles. The maximum absolute atomic E-state index is 11.4. The molecular weight excluding hydrogens is 210 g/mol. The van der Waals surface area contributed by atoms with Crippen molar-refractivity contribution in [3.8, 4) is 0 Å². The Bertz CT molecular complexity index is 309. The fourth-order valence-corrected chi connectivity index (χ4v) is 2.99. The van der Waals surface area contributed by atoms with Gasteiger partial charge >= 0.3 is 0 Å². The van der Waals surface area contributed by atoms with Crippen molar-refractivity contribution in [3.05, 3.63) is 12.2 Å². The SMILES string of the molecule is CCS(=O)(=O)CC(C)NC1CC=CCC1. The van der Waals surface area contributed by atoms with Gasteiger partial charge in [-0.25, -0.2) is 8.42 Å². The van der Waals surface area contributed by atoms with E-state index in [4.69, 9.17) is 0 Å². The number of allylic oxidation sites excluding steroid dienone is 1. The predicted octanol–water partition coefficient (Wildman–Crippen LogP) is 1.51. The van der Waals surface area contributed by atoms with Crippen molar-refractivity contribution in [1.29, 1.82) is 0 Å². The molecule has 88 valence electrons. The molecule has 3 nitrogen and oxygen atoms in total. The lowest BCUT2D eigenvalue weighted by Crippen LogP contribution is -2.41. The van der Waals surface area contributed by atoms with Crippen molar-refractivity contribution in [2.45, 2.75) is 45.2 Å². The fraction of sp³-hybridized carbons (Fsp3) is 0.818. The van der Waals surface area contributed by atoms with Crippen molar-refractivity contribution in [1.82, 2.24) is 5.32 Å². The molecule has 0 spiro atoms. The molecule has 0 radical (unpaired) electrons. The van der Waals surface area contributed by atoms with E-state index in [0.717, 1.165) is 19.3 Å². The second-order valence-electron chi connectivity index (χ2n) is 4.25. The molecule has 1 rings (SSSR count). The van der Waals surface area contributed by atoms with E-state index in [1.165, 1.54) is 0 Å². The number of hydrogen-bond donors (Lipinski definition) is 1. The van der Waals surface area contributed by atoms with Gasteiger partial charge < -0.3 is 5.32 Å². The number of hydrogen-bond acceptors (Lipinski definition) is 3. The largest absolute Gasteiger partial charge is 0.310 e. The first kappa shape index (κ1) is 12.7. The van der Waals surface area contributed by atoms with Crippen molar-refractivity contribution in [2.24, 2.45) is 0 Å². The Morgan fingerprint density at radius 2 is 2.20 bits per heavy atom. The minimum atomic E-state index is -2.85. The summed E-state index contributed by atoms with van der Waals surface area (Å²) in [6, 6.07) is 0.517. The van der Waals surface area contributed by atoms with Crippen LogP contribution in [0.1, 0.15) is 33.1 Å². The van der Waals surface area contributed by atoms with Crippen LogP contribution in [0.3, 0.4) is 0 Å². The molecule has 2 atom stereocenters. The molecule has 0 aromatic rings. The van der Waals surface area contributed by atoms with Crippen LogP contribution < -0.4 is 5.32 Å². The quantitative estimate of drug-likeness (QED) is 0.730. The summed E-state index contributed by atoms with van der Waals surface area (Å²) in [5, 5.41) is 3.38. The Balaban J connectivity index is 2.35. The second-order valence-corrected chi connectivity index (χ2v) is 6.65. The highest BCUT2D eigenvalue weighted by molar-refractivity contribution is 7.91. The lowest BCUT2D eigenvalue weighted by atomic mass is 10.0. The normalized spacial score (nSPS) is 24.0. The predicted molar refractivity (Wildman–Crippen MR) is 63.7 cm³/mol. The Morgan fingerprint density at radius 3 is 2.73 bits per heavy atom. The molecule has 0 fully saturated rings. The van der Waals surface area contributed by atoms with Crippen LogP contribution in [0.25, 0.3) is 0 Å². The third kappa shape index (κ3) is 4.80. The maximum atomic E-state index is 11.4. The summed E-state index contributed by atoms with van der Waals surface area (Å²) in [7, 11) is -2.85. The molecule has 1 N–H and O–H groups in total. The molecular formula is C11H21NO2S. The van der Waals surface area contributed by atoms with Gasteiger partial charge in [0.2, 0.25) is 0 Å². The van der Waals surface area contributed by atoms with Gasteiger partial charge in [-0.15, -0.1) is 0 Å². The van der Waals surface area contributed by atoms with Gasteiger partial charge in [0.25, 0.3) is 0 Å². The van der Waals surface area contributed by atoms with Gasteiger partial charge in [-0.05, 0) is 26.2 Å². The monoisotopic (exact) mass is 231 g/mol. The zero-order valence-corrected chi connectivity index (χ0v) is 10.4. The van der Waals surface area contributed by atoms with Crippen LogP contribution in [-0.4, -0.2) is 32.0 Å². The summed E-state index contributed by atoms with van der Waals surface area (Å²) >= 11 is 0. The van der Waals surface area contributed by atoms with Gasteiger partial charge in [-0.3, -0.25) is 0 Å². The summed E-state index contributed by atoms with van der Waals surface area (Å²) in [4.78, 5) is 0. The molecule has 1 aliphatic rings. The molecule has 0 saturated heterocycles. The van der Waals surface area contributed by atoms with E-state index in [9.17, 15) is 8.42 Å². The molecule has 0 aliphatic heterocycles. The smallest absolute Gasteiger partial charge is 0.151 e. The molecule has 0 heterocycles. The Morgan fingerprint density at radius 1 is 1.47 bits per heavy atom. The van der Waals surface area contributed by atoms with Gasteiger partial charge in [-0.2, -0.15) is 0 Å². The van der Waals surface area contributed by atoms with E-state index in [0.29, 0.717) is 6.04 Å². The van der Waals surface area contributed by atoms with Gasteiger partial charge in [0.05, 0.1) is 5.75 Å². The van der Waals surface area contributed by atoms with Crippen molar-refractivity contribution in [3.63, 3.8) is 0 Å². The Kier molecular flexibility index (Phi) is 4.80.